The summed E-state index contributed by atoms with van der Waals surface area (Å²) in [6.45, 7) is 8.36. The van der Waals surface area contributed by atoms with Crippen LogP contribution in [0.4, 0.5) is 0 Å². The molecule has 82 valence electrons. The summed E-state index contributed by atoms with van der Waals surface area (Å²) in [6.07, 6.45) is 0. The highest BCUT2D eigenvalue weighted by Gasteiger charge is 2.15. The second-order valence-corrected chi connectivity index (χ2v) is 6.44. The molecular weight excluding hydrogens is 204 g/mol. The van der Waals surface area contributed by atoms with E-state index in [2.05, 4.69) is 20.8 Å². The number of hydrogen-bond acceptors (Lipinski definition) is 2. The normalized spacial score (nSPS) is 11.5. The van der Waals surface area contributed by atoms with E-state index in [1.54, 1.807) is 11.8 Å². The van der Waals surface area contributed by atoms with Crippen LogP contribution < -0.4 is 0 Å². The third-order valence-corrected chi connectivity index (χ3v) is 3.35. The van der Waals surface area contributed by atoms with Crippen molar-refractivity contribution in [1.82, 2.24) is 0 Å². The number of Topliss-reactive ketones (excluding diaryl/α,β-unsaturated/α-hetero) is 1. The van der Waals surface area contributed by atoms with Crippen molar-refractivity contribution in [2.24, 2.45) is 0 Å². The Morgan fingerprint density at radius 3 is 2.40 bits per heavy atom. The summed E-state index contributed by atoms with van der Waals surface area (Å²) in [5, 5.41) is 0. The Morgan fingerprint density at radius 2 is 1.87 bits per heavy atom. The maximum absolute atomic E-state index is 11.9. The van der Waals surface area contributed by atoms with Gasteiger partial charge < -0.3 is 0 Å². The van der Waals surface area contributed by atoms with Gasteiger partial charge in [-0.15, -0.1) is 11.8 Å². The summed E-state index contributed by atoms with van der Waals surface area (Å²) >= 11 is 1.70. The van der Waals surface area contributed by atoms with Gasteiger partial charge in [-0.2, -0.15) is 0 Å². The maximum atomic E-state index is 11.9. The van der Waals surface area contributed by atoms with Crippen molar-refractivity contribution < 1.29 is 4.79 Å². The first-order valence-electron chi connectivity index (χ1n) is 5.13. The topological polar surface area (TPSA) is 17.1 Å². The largest absolute Gasteiger partial charge is 0.293 e. The molecule has 1 nitrogen and oxygen atoms in total. The van der Waals surface area contributed by atoms with E-state index in [0.717, 1.165) is 11.1 Å². The van der Waals surface area contributed by atoms with Gasteiger partial charge in [-0.25, -0.2) is 0 Å². The van der Waals surface area contributed by atoms with Crippen LogP contribution in [0.1, 0.15) is 36.7 Å². The first kappa shape index (κ1) is 12.3. The number of carbonyl (C=O) groups is 1. The first-order valence-corrected chi connectivity index (χ1v) is 6.11. The van der Waals surface area contributed by atoms with E-state index in [1.807, 2.05) is 31.2 Å². The van der Waals surface area contributed by atoms with Crippen molar-refractivity contribution in [2.75, 3.05) is 5.75 Å². The predicted octanol–water partition coefficient (Wildman–Crippen LogP) is 3.71. The summed E-state index contributed by atoms with van der Waals surface area (Å²) in [6, 6.07) is 7.76. The van der Waals surface area contributed by atoms with Crippen LogP contribution in [0.5, 0.6) is 0 Å². The Kier molecular flexibility index (Phi) is 3.97. The molecule has 0 saturated heterocycles. The van der Waals surface area contributed by atoms with Crippen LogP contribution in [0.3, 0.4) is 0 Å². The zero-order valence-corrected chi connectivity index (χ0v) is 10.6. The van der Waals surface area contributed by atoms with Crippen LogP contribution in [0.15, 0.2) is 24.3 Å². The molecule has 0 fully saturated rings. The van der Waals surface area contributed by atoms with Crippen LogP contribution in [0, 0.1) is 6.92 Å². The highest BCUT2D eigenvalue weighted by molar-refractivity contribution is 8.01. The summed E-state index contributed by atoms with van der Waals surface area (Å²) in [5.41, 5.74) is 1.92. The molecule has 0 radical (unpaired) electrons. The summed E-state index contributed by atoms with van der Waals surface area (Å²) in [7, 11) is 0. The minimum absolute atomic E-state index is 0.151. The van der Waals surface area contributed by atoms with E-state index in [9.17, 15) is 4.79 Å². The van der Waals surface area contributed by atoms with E-state index in [-0.39, 0.29) is 10.5 Å². The molecule has 0 unspecified atom stereocenters. The maximum Gasteiger partial charge on any atom is 0.173 e. The molecule has 15 heavy (non-hydrogen) atoms. The quantitative estimate of drug-likeness (QED) is 0.725. The van der Waals surface area contributed by atoms with Gasteiger partial charge in [-0.1, -0.05) is 45.0 Å². The minimum Gasteiger partial charge on any atom is -0.293 e. The van der Waals surface area contributed by atoms with E-state index in [0.29, 0.717) is 5.75 Å². The number of thioether (sulfide) groups is 1. The molecule has 0 heterocycles. The average molecular weight is 222 g/mol. The number of benzene rings is 1. The van der Waals surface area contributed by atoms with Gasteiger partial charge in [-0.05, 0) is 12.5 Å². The molecule has 0 spiro atoms. The molecule has 0 atom stereocenters. The lowest BCUT2D eigenvalue weighted by atomic mass is 10.1. The lowest BCUT2D eigenvalue weighted by Gasteiger charge is -2.17. The van der Waals surface area contributed by atoms with Crippen LogP contribution in [0.2, 0.25) is 0 Å². The highest BCUT2D eigenvalue weighted by Crippen LogP contribution is 2.24. The van der Waals surface area contributed by atoms with Crippen LogP contribution in [-0.2, 0) is 0 Å². The van der Waals surface area contributed by atoms with Crippen LogP contribution >= 0.6 is 11.8 Å². The molecule has 0 saturated carbocycles. The predicted molar refractivity (Wildman–Crippen MR) is 67.7 cm³/mol. The molecule has 1 aromatic rings. The third-order valence-electron chi connectivity index (χ3n) is 2.08. The Balaban J connectivity index is 2.66. The van der Waals surface area contributed by atoms with Gasteiger partial charge >= 0.3 is 0 Å². The average Bonchev–Trinajstić information content (AvgIpc) is 2.14. The summed E-state index contributed by atoms with van der Waals surface area (Å²) < 4.78 is 0.151. The standard InChI is InChI=1S/C13H18OS/c1-10-7-5-6-8-11(10)12(14)9-15-13(2,3)4/h5-8H,9H2,1-4H3. The molecule has 1 aromatic carbocycles. The van der Waals surface area contributed by atoms with Gasteiger partial charge in [0, 0.05) is 10.3 Å². The Hall–Kier alpha value is -0.760. The molecule has 0 aliphatic heterocycles. The monoisotopic (exact) mass is 222 g/mol. The zero-order valence-electron chi connectivity index (χ0n) is 9.83. The van der Waals surface area contributed by atoms with Crippen molar-refractivity contribution in [2.45, 2.75) is 32.4 Å². The molecule has 1 rings (SSSR count). The van der Waals surface area contributed by atoms with E-state index in [1.165, 1.54) is 0 Å². The summed E-state index contributed by atoms with van der Waals surface area (Å²) in [5.74, 6) is 0.793. The first-order chi connectivity index (χ1) is 6.90. The molecule has 0 bridgehead atoms. The highest BCUT2D eigenvalue weighted by atomic mass is 32.2. The van der Waals surface area contributed by atoms with Gasteiger partial charge in [0.15, 0.2) is 5.78 Å². The van der Waals surface area contributed by atoms with Crippen LogP contribution in [0.25, 0.3) is 0 Å². The number of hydrogen-bond donors (Lipinski definition) is 0. The van der Waals surface area contributed by atoms with Gasteiger partial charge in [0.25, 0.3) is 0 Å². The number of carbonyl (C=O) groups excluding carboxylic acids is 1. The van der Waals surface area contributed by atoms with Crippen molar-refractivity contribution >= 4 is 17.5 Å². The molecule has 0 aromatic heterocycles. The molecule has 2 heteroatoms. The molecule has 0 aliphatic carbocycles. The fraction of sp³-hybridized carbons (Fsp3) is 0.462. The lowest BCUT2D eigenvalue weighted by molar-refractivity contribution is 0.102. The molecule has 0 N–H and O–H groups in total. The lowest BCUT2D eigenvalue weighted by Crippen LogP contribution is -2.13. The smallest absolute Gasteiger partial charge is 0.173 e. The van der Waals surface area contributed by atoms with Crippen molar-refractivity contribution in [1.29, 1.82) is 0 Å². The van der Waals surface area contributed by atoms with Gasteiger partial charge in [0.05, 0.1) is 5.75 Å². The van der Waals surface area contributed by atoms with Crippen molar-refractivity contribution in [3.63, 3.8) is 0 Å². The fourth-order valence-electron chi connectivity index (χ4n) is 1.25. The van der Waals surface area contributed by atoms with Crippen molar-refractivity contribution in [3.05, 3.63) is 35.4 Å². The van der Waals surface area contributed by atoms with Gasteiger partial charge in [0.2, 0.25) is 0 Å². The van der Waals surface area contributed by atoms with Gasteiger partial charge in [0.1, 0.15) is 0 Å². The fourth-order valence-corrected chi connectivity index (χ4v) is 1.97. The van der Waals surface area contributed by atoms with E-state index < -0.39 is 0 Å². The third kappa shape index (κ3) is 4.08. The number of ketones is 1. The molecule has 0 aliphatic rings. The van der Waals surface area contributed by atoms with Crippen molar-refractivity contribution in [3.8, 4) is 0 Å². The Labute approximate surface area is 96.3 Å². The van der Waals surface area contributed by atoms with E-state index in [4.69, 9.17) is 0 Å². The molecular formula is C13H18OS. The number of rotatable bonds is 3. The second-order valence-electron chi connectivity index (χ2n) is 4.64. The Morgan fingerprint density at radius 1 is 1.27 bits per heavy atom. The van der Waals surface area contributed by atoms with Gasteiger partial charge in [-0.3, -0.25) is 4.79 Å². The SMILES string of the molecule is Cc1ccccc1C(=O)CSC(C)(C)C. The zero-order chi connectivity index (χ0) is 11.5. The molecule has 0 amide bonds. The second kappa shape index (κ2) is 4.84. The van der Waals surface area contributed by atoms with E-state index >= 15 is 0 Å². The van der Waals surface area contributed by atoms with Crippen LogP contribution in [-0.4, -0.2) is 16.3 Å². The number of aryl methyl sites for hydroxylation is 1. The Bertz CT molecular complexity index is 350. The minimum atomic E-state index is 0.151. The summed E-state index contributed by atoms with van der Waals surface area (Å²) in [4.78, 5) is 11.9.